The summed E-state index contributed by atoms with van der Waals surface area (Å²) in [6.45, 7) is 1.85. The van der Waals surface area contributed by atoms with Gasteiger partial charge in [0.15, 0.2) is 0 Å². The Hall–Kier alpha value is -3.76. The van der Waals surface area contributed by atoms with E-state index in [9.17, 15) is 18.0 Å². The number of hydrogen-bond donors (Lipinski definition) is 3. The summed E-state index contributed by atoms with van der Waals surface area (Å²) in [5, 5.41) is 9.85. The van der Waals surface area contributed by atoms with Crippen LogP contribution in [-0.4, -0.2) is 33.8 Å². The number of aryl methyl sites for hydroxylation is 2. The van der Waals surface area contributed by atoms with Crippen LogP contribution in [0, 0.1) is 6.92 Å². The Labute approximate surface area is 176 Å². The van der Waals surface area contributed by atoms with Crippen molar-refractivity contribution in [1.82, 2.24) is 14.8 Å². The molecule has 0 aliphatic heterocycles. The quantitative estimate of drug-likeness (QED) is 0.469. The van der Waals surface area contributed by atoms with Gasteiger partial charge in [-0.2, -0.15) is 18.3 Å². The molecule has 0 saturated carbocycles. The van der Waals surface area contributed by atoms with E-state index >= 15 is 0 Å². The van der Waals surface area contributed by atoms with E-state index in [0.29, 0.717) is 5.82 Å². The molecular weight excluding hydrogens is 413 g/mol. The number of primary amides is 1. The fourth-order valence-electron chi connectivity index (χ4n) is 2.90. The van der Waals surface area contributed by atoms with Crippen molar-refractivity contribution in [3.63, 3.8) is 0 Å². The predicted octanol–water partition coefficient (Wildman–Crippen LogP) is 3.48. The molecule has 0 aliphatic rings. The Balaban J connectivity index is 1.72. The summed E-state index contributed by atoms with van der Waals surface area (Å²) >= 11 is 0. The molecule has 0 atom stereocenters. The summed E-state index contributed by atoms with van der Waals surface area (Å²) in [5.74, 6) is 0.412. The van der Waals surface area contributed by atoms with E-state index in [1.54, 1.807) is 42.9 Å². The van der Waals surface area contributed by atoms with Gasteiger partial charge in [0.05, 0.1) is 22.5 Å². The molecule has 3 aromatic rings. The number of anilines is 3. The lowest BCUT2D eigenvalue weighted by atomic mass is 10.2. The van der Waals surface area contributed by atoms with E-state index < -0.39 is 17.6 Å². The molecule has 0 aliphatic carbocycles. The molecule has 2 aromatic heterocycles. The lowest BCUT2D eigenvalue weighted by molar-refractivity contribution is -0.137. The number of carbonyl (C=O) groups is 1. The van der Waals surface area contributed by atoms with E-state index in [2.05, 4.69) is 20.7 Å². The van der Waals surface area contributed by atoms with Crippen LogP contribution >= 0.6 is 0 Å². The van der Waals surface area contributed by atoms with Crippen LogP contribution in [0.2, 0.25) is 0 Å². The summed E-state index contributed by atoms with van der Waals surface area (Å²) in [7, 11) is 1.71. The maximum absolute atomic E-state index is 13.4. The average molecular weight is 434 g/mol. The summed E-state index contributed by atoms with van der Waals surface area (Å²) in [4.78, 5) is 15.3. The number of nitrogens with two attached hydrogens (primary N) is 1. The van der Waals surface area contributed by atoms with Crippen molar-refractivity contribution < 1.29 is 22.7 Å². The number of amides is 1. The van der Waals surface area contributed by atoms with Crippen LogP contribution in [0.5, 0.6) is 5.75 Å². The van der Waals surface area contributed by atoms with Crippen molar-refractivity contribution in [2.75, 3.05) is 23.8 Å². The van der Waals surface area contributed by atoms with Gasteiger partial charge in [-0.25, -0.2) is 4.98 Å². The summed E-state index contributed by atoms with van der Waals surface area (Å²) in [6, 6.07) is 9.38. The zero-order chi connectivity index (χ0) is 22.6. The number of para-hydroxylation sites is 1. The van der Waals surface area contributed by atoms with Gasteiger partial charge in [0.1, 0.15) is 24.0 Å². The molecule has 1 amide bonds. The van der Waals surface area contributed by atoms with E-state index in [1.807, 2.05) is 0 Å². The Morgan fingerprint density at radius 3 is 2.65 bits per heavy atom. The average Bonchev–Trinajstić information content (AvgIpc) is 3.01. The minimum atomic E-state index is -4.59. The predicted molar refractivity (Wildman–Crippen MR) is 109 cm³/mol. The Morgan fingerprint density at radius 2 is 2.00 bits per heavy atom. The second-order valence-electron chi connectivity index (χ2n) is 6.67. The lowest BCUT2D eigenvalue weighted by Crippen LogP contribution is -2.18. The zero-order valence-electron chi connectivity index (χ0n) is 16.8. The fraction of sp³-hybridized carbons (Fsp3) is 0.250. The van der Waals surface area contributed by atoms with Gasteiger partial charge in [-0.15, -0.1) is 0 Å². The third kappa shape index (κ3) is 5.44. The van der Waals surface area contributed by atoms with Crippen molar-refractivity contribution in [1.29, 1.82) is 0 Å². The molecule has 0 spiro atoms. The molecule has 0 bridgehead atoms. The molecule has 0 fully saturated rings. The number of hydrogen-bond acceptors (Lipinski definition) is 6. The molecular formula is C20H21F3N6O2. The van der Waals surface area contributed by atoms with Crippen LogP contribution in [0.1, 0.15) is 21.6 Å². The third-order valence-corrected chi connectivity index (χ3v) is 4.30. The van der Waals surface area contributed by atoms with Gasteiger partial charge < -0.3 is 21.1 Å². The Bertz CT molecular complexity index is 1080. The standard InChI is InChI=1S/C20H21F3N6O2/c1-12-9-18(29(2)28-12)27-17-10-15(14(11-26-17)20(21,22)23)25-7-8-31-16-6-4-3-5-13(16)19(24)30/h3-6,9-11H,7-8H2,1-2H3,(H2,24,30)(H2,25,26,27). The van der Waals surface area contributed by atoms with Crippen molar-refractivity contribution in [3.8, 4) is 5.75 Å². The molecule has 0 saturated heterocycles. The van der Waals surface area contributed by atoms with Gasteiger partial charge >= 0.3 is 6.18 Å². The lowest BCUT2D eigenvalue weighted by Gasteiger charge is -2.16. The third-order valence-electron chi connectivity index (χ3n) is 4.30. The molecule has 2 heterocycles. The molecule has 164 valence electrons. The van der Waals surface area contributed by atoms with Gasteiger partial charge in [-0.05, 0) is 19.1 Å². The number of alkyl halides is 3. The Kier molecular flexibility index (Phi) is 6.33. The van der Waals surface area contributed by atoms with Crippen LogP contribution in [-0.2, 0) is 13.2 Å². The van der Waals surface area contributed by atoms with Crippen LogP contribution in [0.25, 0.3) is 0 Å². The van der Waals surface area contributed by atoms with Gasteiger partial charge in [0.2, 0.25) is 0 Å². The number of benzene rings is 1. The number of rotatable bonds is 8. The molecule has 0 unspecified atom stereocenters. The van der Waals surface area contributed by atoms with Crippen LogP contribution in [0.4, 0.5) is 30.5 Å². The van der Waals surface area contributed by atoms with Crippen molar-refractivity contribution in [2.24, 2.45) is 12.8 Å². The molecule has 8 nitrogen and oxygen atoms in total. The van der Waals surface area contributed by atoms with E-state index in [1.165, 1.54) is 12.1 Å². The zero-order valence-corrected chi connectivity index (χ0v) is 16.8. The first-order chi connectivity index (χ1) is 14.6. The van der Waals surface area contributed by atoms with E-state index in [4.69, 9.17) is 10.5 Å². The number of nitrogens with one attached hydrogen (secondary N) is 2. The number of pyridine rings is 1. The largest absolute Gasteiger partial charge is 0.491 e. The first kappa shape index (κ1) is 21.9. The number of aromatic nitrogens is 3. The second-order valence-corrected chi connectivity index (χ2v) is 6.67. The molecule has 11 heteroatoms. The SMILES string of the molecule is Cc1cc(Nc2cc(NCCOc3ccccc3C(N)=O)c(C(F)(F)F)cn2)n(C)n1. The van der Waals surface area contributed by atoms with E-state index in [-0.39, 0.29) is 36.0 Å². The first-order valence-electron chi connectivity index (χ1n) is 9.25. The van der Waals surface area contributed by atoms with Gasteiger partial charge in [-0.1, -0.05) is 12.1 Å². The van der Waals surface area contributed by atoms with Crippen LogP contribution in [0.3, 0.4) is 0 Å². The van der Waals surface area contributed by atoms with Crippen molar-refractivity contribution in [2.45, 2.75) is 13.1 Å². The number of ether oxygens (including phenoxy) is 1. The minimum Gasteiger partial charge on any atom is -0.491 e. The first-order valence-corrected chi connectivity index (χ1v) is 9.25. The molecule has 3 rings (SSSR count). The highest BCUT2D eigenvalue weighted by Gasteiger charge is 2.34. The molecule has 0 radical (unpaired) electrons. The number of halogens is 3. The molecule has 1 aromatic carbocycles. The molecule has 4 N–H and O–H groups in total. The highest BCUT2D eigenvalue weighted by Crippen LogP contribution is 2.35. The van der Waals surface area contributed by atoms with Gasteiger partial charge in [0.25, 0.3) is 5.91 Å². The van der Waals surface area contributed by atoms with Crippen LogP contribution in [0.15, 0.2) is 42.6 Å². The monoisotopic (exact) mass is 434 g/mol. The smallest absolute Gasteiger partial charge is 0.419 e. The highest BCUT2D eigenvalue weighted by atomic mass is 19.4. The minimum absolute atomic E-state index is 0.00754. The fourth-order valence-corrected chi connectivity index (χ4v) is 2.90. The summed E-state index contributed by atoms with van der Waals surface area (Å²) in [5.41, 5.74) is 5.18. The normalized spacial score (nSPS) is 11.3. The maximum Gasteiger partial charge on any atom is 0.419 e. The number of carbonyl (C=O) groups excluding carboxylic acids is 1. The topological polar surface area (TPSA) is 107 Å². The maximum atomic E-state index is 13.4. The van der Waals surface area contributed by atoms with Crippen molar-refractivity contribution >= 4 is 23.2 Å². The van der Waals surface area contributed by atoms with Gasteiger partial charge in [0, 0.05) is 31.9 Å². The number of nitrogens with zero attached hydrogens (tertiary/aromatic N) is 3. The second kappa shape index (κ2) is 8.94. The molecule has 31 heavy (non-hydrogen) atoms. The Morgan fingerprint density at radius 1 is 1.26 bits per heavy atom. The van der Waals surface area contributed by atoms with E-state index in [0.717, 1.165) is 11.9 Å². The van der Waals surface area contributed by atoms with Crippen LogP contribution < -0.4 is 21.1 Å². The highest BCUT2D eigenvalue weighted by molar-refractivity contribution is 5.95. The van der Waals surface area contributed by atoms with Crippen molar-refractivity contribution in [3.05, 3.63) is 59.4 Å². The summed E-state index contributed by atoms with van der Waals surface area (Å²) in [6.07, 6.45) is -3.83. The summed E-state index contributed by atoms with van der Waals surface area (Å²) < 4.78 is 47.2. The van der Waals surface area contributed by atoms with Gasteiger partial charge in [-0.3, -0.25) is 9.48 Å².